The molecule has 0 fully saturated rings. The Kier molecular flexibility index (Phi) is 4.72. The van der Waals surface area contributed by atoms with Gasteiger partial charge in [0.25, 0.3) is 0 Å². The number of benzene rings is 2. The fraction of sp³-hybridized carbons (Fsp3) is 0.200. The van der Waals surface area contributed by atoms with Crippen LogP contribution in [0.25, 0.3) is 0 Å². The number of methoxy groups -OCH3 is 1. The molecule has 0 radical (unpaired) electrons. The zero-order valence-corrected chi connectivity index (χ0v) is 13.2. The molecule has 2 nitrogen and oxygen atoms in total. The van der Waals surface area contributed by atoms with E-state index < -0.39 is 0 Å². The minimum absolute atomic E-state index is 0.667. The van der Waals surface area contributed by atoms with Crippen molar-refractivity contribution in [1.29, 1.82) is 0 Å². The third-order valence-electron chi connectivity index (χ3n) is 2.94. The van der Waals surface area contributed by atoms with Crippen LogP contribution < -0.4 is 10.1 Å². The Morgan fingerprint density at radius 3 is 2.68 bits per heavy atom. The van der Waals surface area contributed by atoms with Crippen molar-refractivity contribution < 1.29 is 4.74 Å². The van der Waals surface area contributed by atoms with Gasteiger partial charge in [-0.05, 0) is 46.1 Å². The molecular weight excluding hydrogens is 326 g/mol. The molecule has 2 aromatic carbocycles. The number of rotatable bonds is 4. The SMILES string of the molecule is COc1c(Br)cc(Cl)cc1NCc1ccccc1C. The van der Waals surface area contributed by atoms with Gasteiger partial charge in [0.05, 0.1) is 17.3 Å². The average Bonchev–Trinajstić information content (AvgIpc) is 2.37. The quantitative estimate of drug-likeness (QED) is 0.842. The zero-order chi connectivity index (χ0) is 13.8. The molecule has 0 unspecified atom stereocenters. The van der Waals surface area contributed by atoms with Crippen LogP contribution in [-0.2, 0) is 6.54 Å². The first kappa shape index (κ1) is 14.2. The molecule has 0 atom stereocenters. The number of ether oxygens (including phenoxy) is 1. The molecule has 0 aliphatic rings. The Labute approximate surface area is 126 Å². The van der Waals surface area contributed by atoms with E-state index in [0.29, 0.717) is 5.02 Å². The Balaban J connectivity index is 2.22. The van der Waals surface area contributed by atoms with Gasteiger partial charge in [0.2, 0.25) is 0 Å². The maximum atomic E-state index is 6.07. The minimum atomic E-state index is 0.667. The molecule has 19 heavy (non-hydrogen) atoms. The lowest BCUT2D eigenvalue weighted by atomic mass is 10.1. The Morgan fingerprint density at radius 2 is 2.00 bits per heavy atom. The van der Waals surface area contributed by atoms with E-state index in [-0.39, 0.29) is 0 Å². The van der Waals surface area contributed by atoms with E-state index in [1.165, 1.54) is 11.1 Å². The number of nitrogens with one attached hydrogen (secondary N) is 1. The summed E-state index contributed by atoms with van der Waals surface area (Å²) in [6.45, 7) is 2.83. The van der Waals surface area contributed by atoms with Crippen LogP contribution in [0.2, 0.25) is 5.02 Å². The van der Waals surface area contributed by atoms with Crippen molar-refractivity contribution in [2.45, 2.75) is 13.5 Å². The smallest absolute Gasteiger partial charge is 0.156 e. The van der Waals surface area contributed by atoms with Gasteiger partial charge in [0.15, 0.2) is 5.75 Å². The molecular formula is C15H15BrClNO. The second kappa shape index (κ2) is 6.31. The molecule has 0 saturated heterocycles. The molecule has 0 aliphatic carbocycles. The van der Waals surface area contributed by atoms with Crippen LogP contribution in [0.1, 0.15) is 11.1 Å². The molecule has 1 N–H and O–H groups in total. The van der Waals surface area contributed by atoms with Crippen LogP contribution in [0.5, 0.6) is 5.75 Å². The molecule has 0 bridgehead atoms. The first-order valence-electron chi connectivity index (χ1n) is 5.93. The molecule has 4 heteroatoms. The Morgan fingerprint density at radius 1 is 1.26 bits per heavy atom. The van der Waals surface area contributed by atoms with Crippen molar-refractivity contribution in [3.63, 3.8) is 0 Å². The predicted octanol–water partition coefficient (Wildman–Crippen LogP) is 5.03. The number of anilines is 1. The highest BCUT2D eigenvalue weighted by Gasteiger charge is 2.09. The first-order valence-corrected chi connectivity index (χ1v) is 7.10. The number of hydrogen-bond acceptors (Lipinski definition) is 2. The van der Waals surface area contributed by atoms with E-state index in [1.807, 2.05) is 24.3 Å². The third kappa shape index (κ3) is 3.43. The second-order valence-corrected chi connectivity index (χ2v) is 5.54. The van der Waals surface area contributed by atoms with Crippen LogP contribution in [0.3, 0.4) is 0 Å². The summed E-state index contributed by atoms with van der Waals surface area (Å²) in [5.41, 5.74) is 3.39. The number of halogens is 2. The van der Waals surface area contributed by atoms with E-state index in [0.717, 1.165) is 22.5 Å². The molecule has 2 aromatic rings. The van der Waals surface area contributed by atoms with E-state index in [2.05, 4.69) is 40.3 Å². The van der Waals surface area contributed by atoms with Crippen molar-refractivity contribution in [3.8, 4) is 5.75 Å². The predicted molar refractivity (Wildman–Crippen MR) is 84.2 cm³/mol. The summed E-state index contributed by atoms with van der Waals surface area (Å²) in [6, 6.07) is 12.0. The first-order chi connectivity index (χ1) is 9.11. The maximum absolute atomic E-state index is 6.07. The zero-order valence-electron chi connectivity index (χ0n) is 10.8. The molecule has 0 saturated carbocycles. The van der Waals surface area contributed by atoms with Crippen LogP contribution in [0.4, 0.5) is 5.69 Å². The van der Waals surface area contributed by atoms with Crippen molar-refractivity contribution >= 4 is 33.2 Å². The van der Waals surface area contributed by atoms with Gasteiger partial charge in [-0.25, -0.2) is 0 Å². The third-order valence-corrected chi connectivity index (χ3v) is 3.75. The summed E-state index contributed by atoms with van der Waals surface area (Å²) in [5, 5.41) is 4.03. The molecule has 0 heterocycles. The lowest BCUT2D eigenvalue weighted by Crippen LogP contribution is -2.03. The summed E-state index contributed by atoms with van der Waals surface area (Å²) in [5.74, 6) is 0.762. The normalized spacial score (nSPS) is 10.3. The van der Waals surface area contributed by atoms with E-state index >= 15 is 0 Å². The van der Waals surface area contributed by atoms with Gasteiger partial charge in [0, 0.05) is 11.6 Å². The largest absolute Gasteiger partial charge is 0.493 e. The molecule has 0 spiro atoms. The Hall–Kier alpha value is -1.19. The highest BCUT2D eigenvalue weighted by atomic mass is 79.9. The van der Waals surface area contributed by atoms with Crippen LogP contribution in [0, 0.1) is 6.92 Å². The fourth-order valence-electron chi connectivity index (χ4n) is 1.90. The van der Waals surface area contributed by atoms with Crippen LogP contribution >= 0.6 is 27.5 Å². The molecule has 0 aromatic heterocycles. The van der Waals surface area contributed by atoms with Gasteiger partial charge in [-0.2, -0.15) is 0 Å². The van der Waals surface area contributed by atoms with Crippen molar-refractivity contribution in [2.24, 2.45) is 0 Å². The summed E-state index contributed by atoms with van der Waals surface area (Å²) >= 11 is 9.52. The summed E-state index contributed by atoms with van der Waals surface area (Å²) < 4.78 is 6.22. The van der Waals surface area contributed by atoms with Crippen molar-refractivity contribution in [3.05, 3.63) is 57.0 Å². The molecule has 0 amide bonds. The van der Waals surface area contributed by atoms with Gasteiger partial charge >= 0.3 is 0 Å². The van der Waals surface area contributed by atoms with Crippen LogP contribution in [-0.4, -0.2) is 7.11 Å². The van der Waals surface area contributed by atoms with Gasteiger partial charge in [-0.15, -0.1) is 0 Å². The number of hydrogen-bond donors (Lipinski definition) is 1. The van der Waals surface area contributed by atoms with Gasteiger partial charge in [-0.1, -0.05) is 35.9 Å². The topological polar surface area (TPSA) is 21.3 Å². The highest BCUT2D eigenvalue weighted by Crippen LogP contribution is 2.36. The van der Waals surface area contributed by atoms with Crippen molar-refractivity contribution in [2.75, 3.05) is 12.4 Å². The molecule has 2 rings (SSSR count). The van der Waals surface area contributed by atoms with Crippen LogP contribution in [0.15, 0.2) is 40.9 Å². The summed E-state index contributed by atoms with van der Waals surface area (Å²) in [7, 11) is 1.65. The van der Waals surface area contributed by atoms with Crippen molar-refractivity contribution in [1.82, 2.24) is 0 Å². The number of aryl methyl sites for hydroxylation is 1. The molecule has 100 valence electrons. The van der Waals surface area contributed by atoms with Gasteiger partial charge in [0.1, 0.15) is 0 Å². The van der Waals surface area contributed by atoms with E-state index in [4.69, 9.17) is 16.3 Å². The minimum Gasteiger partial charge on any atom is -0.493 e. The monoisotopic (exact) mass is 339 g/mol. The van der Waals surface area contributed by atoms with Gasteiger partial charge in [-0.3, -0.25) is 0 Å². The average molecular weight is 341 g/mol. The van der Waals surface area contributed by atoms with Gasteiger partial charge < -0.3 is 10.1 Å². The summed E-state index contributed by atoms with van der Waals surface area (Å²) in [4.78, 5) is 0. The fourth-order valence-corrected chi connectivity index (χ4v) is 2.87. The van der Waals surface area contributed by atoms with E-state index in [9.17, 15) is 0 Å². The molecule has 0 aliphatic heterocycles. The summed E-state index contributed by atoms with van der Waals surface area (Å²) in [6.07, 6.45) is 0. The Bertz CT molecular complexity index is 586. The lowest BCUT2D eigenvalue weighted by Gasteiger charge is -2.14. The highest BCUT2D eigenvalue weighted by molar-refractivity contribution is 9.10. The second-order valence-electron chi connectivity index (χ2n) is 4.25. The van der Waals surface area contributed by atoms with E-state index in [1.54, 1.807) is 7.11 Å². The lowest BCUT2D eigenvalue weighted by molar-refractivity contribution is 0.414. The maximum Gasteiger partial charge on any atom is 0.156 e. The standard InChI is InChI=1S/C15H15BrClNO/c1-10-5-3-4-6-11(10)9-18-14-8-12(17)7-13(16)15(14)19-2/h3-8,18H,9H2,1-2H3.